The van der Waals surface area contributed by atoms with E-state index in [0.29, 0.717) is 16.3 Å². The summed E-state index contributed by atoms with van der Waals surface area (Å²) in [6.07, 6.45) is 3.54. The van der Waals surface area contributed by atoms with Gasteiger partial charge in [0, 0.05) is 16.1 Å². The second-order valence-corrected chi connectivity index (χ2v) is 7.93. The molecule has 0 radical (unpaired) electrons. The summed E-state index contributed by atoms with van der Waals surface area (Å²) in [5, 5.41) is 6.80. The van der Waals surface area contributed by atoms with Gasteiger partial charge in [0.2, 0.25) is 0 Å². The molecule has 0 saturated carbocycles. The number of allylic oxidation sites excluding steroid dienone is 1. The molecule has 2 heterocycles. The van der Waals surface area contributed by atoms with E-state index in [1.54, 1.807) is 54.6 Å². The summed E-state index contributed by atoms with van der Waals surface area (Å²) >= 11 is 6.00. The number of hydrogen-bond donors (Lipinski definition) is 0. The number of carbonyl (C=O) groups is 3. The number of hydrogen-bond acceptors (Lipinski definition) is 7. The highest BCUT2D eigenvalue weighted by atomic mass is 35.5. The van der Waals surface area contributed by atoms with Gasteiger partial charge in [-0.15, -0.1) is 0 Å². The van der Waals surface area contributed by atoms with Gasteiger partial charge in [0.25, 0.3) is 0 Å². The minimum Gasteiger partial charge on any atom is -0.469 e. The molecule has 2 aliphatic heterocycles. The Bertz CT molecular complexity index is 1100. The van der Waals surface area contributed by atoms with Crippen LogP contribution in [0.25, 0.3) is 0 Å². The van der Waals surface area contributed by atoms with E-state index < -0.39 is 35.9 Å². The Labute approximate surface area is 190 Å². The van der Waals surface area contributed by atoms with E-state index in [1.807, 2.05) is 12.1 Å². The quantitative estimate of drug-likeness (QED) is 0.512. The number of benzene rings is 2. The minimum absolute atomic E-state index is 0.327. The highest BCUT2D eigenvalue weighted by Crippen LogP contribution is 2.41. The Balaban J connectivity index is 1.83. The number of ketones is 1. The molecule has 4 rings (SSSR count). The van der Waals surface area contributed by atoms with Gasteiger partial charge in [0.05, 0.1) is 31.9 Å². The summed E-state index contributed by atoms with van der Waals surface area (Å²) in [6.45, 7) is 0. The maximum Gasteiger partial charge on any atom is 0.312 e. The molecule has 2 aromatic rings. The first-order chi connectivity index (χ1) is 15.5. The number of ether oxygens (including phenoxy) is 2. The Hall–Kier alpha value is -3.45. The average Bonchev–Trinajstić information content (AvgIpc) is 3.18. The van der Waals surface area contributed by atoms with Crippen LogP contribution in [-0.4, -0.2) is 54.7 Å². The predicted molar refractivity (Wildman–Crippen MR) is 118 cm³/mol. The van der Waals surface area contributed by atoms with Crippen LogP contribution >= 0.6 is 11.6 Å². The molecule has 0 amide bonds. The fraction of sp³-hybridized carbons (Fsp3) is 0.250. The number of methoxy groups -OCH3 is 2. The van der Waals surface area contributed by atoms with Crippen molar-refractivity contribution in [3.8, 4) is 0 Å². The molecule has 2 aliphatic rings. The third-order valence-electron chi connectivity index (χ3n) is 5.77. The molecule has 2 unspecified atom stereocenters. The second-order valence-electron chi connectivity index (χ2n) is 7.49. The summed E-state index contributed by atoms with van der Waals surface area (Å²) < 4.78 is 9.98. The van der Waals surface area contributed by atoms with Crippen molar-refractivity contribution in [2.75, 3.05) is 14.2 Å². The van der Waals surface area contributed by atoms with E-state index in [9.17, 15) is 14.4 Å². The lowest BCUT2D eigenvalue weighted by Crippen LogP contribution is -2.43. The normalized spacial score (nSPS) is 23.8. The summed E-state index contributed by atoms with van der Waals surface area (Å²) in [7, 11) is 2.48. The first-order valence-corrected chi connectivity index (χ1v) is 10.4. The van der Waals surface area contributed by atoms with Gasteiger partial charge in [0.15, 0.2) is 5.78 Å². The number of esters is 2. The van der Waals surface area contributed by atoms with Crippen molar-refractivity contribution in [3.05, 3.63) is 82.9 Å². The minimum atomic E-state index is -1.08. The highest BCUT2D eigenvalue weighted by molar-refractivity contribution is 6.30. The van der Waals surface area contributed by atoms with Crippen LogP contribution in [0.1, 0.15) is 15.9 Å². The van der Waals surface area contributed by atoms with E-state index in [2.05, 4.69) is 5.10 Å². The number of hydrazone groups is 1. The van der Waals surface area contributed by atoms with Gasteiger partial charge in [-0.3, -0.25) is 19.4 Å². The lowest BCUT2D eigenvalue weighted by atomic mass is 9.84. The molecular formula is C24H21ClN2O5. The van der Waals surface area contributed by atoms with E-state index in [-0.39, 0.29) is 5.78 Å². The van der Waals surface area contributed by atoms with Crippen LogP contribution in [0.5, 0.6) is 0 Å². The van der Waals surface area contributed by atoms with Crippen molar-refractivity contribution < 1.29 is 23.9 Å². The van der Waals surface area contributed by atoms with Crippen molar-refractivity contribution in [3.63, 3.8) is 0 Å². The standard InChI is InChI=1S/C24H21ClN2O5/c1-31-23(29)19-18-13-12-17(14-8-10-16(25)11-9-14)26-27(18)21(20(19)24(30)32-2)22(28)15-6-4-3-5-7-15/h3-13,18-21H,1-2H3/t18?,19-,20+,21?/m1/s1. The Kier molecular flexibility index (Phi) is 6.10. The summed E-state index contributed by atoms with van der Waals surface area (Å²) in [5.74, 6) is -3.62. The average molecular weight is 453 g/mol. The molecule has 7 nitrogen and oxygen atoms in total. The fourth-order valence-electron chi connectivity index (χ4n) is 4.27. The Morgan fingerprint density at radius 3 is 2.16 bits per heavy atom. The molecule has 0 bridgehead atoms. The molecule has 8 heteroatoms. The van der Waals surface area contributed by atoms with Crippen LogP contribution in [0.2, 0.25) is 5.02 Å². The molecule has 32 heavy (non-hydrogen) atoms. The Morgan fingerprint density at radius 1 is 0.906 bits per heavy atom. The van der Waals surface area contributed by atoms with Crippen LogP contribution < -0.4 is 0 Å². The van der Waals surface area contributed by atoms with Crippen molar-refractivity contribution in [1.82, 2.24) is 5.01 Å². The smallest absolute Gasteiger partial charge is 0.312 e. The number of fused-ring (bicyclic) bond motifs is 1. The number of rotatable bonds is 5. The number of carbonyl (C=O) groups excluding carboxylic acids is 3. The van der Waals surface area contributed by atoms with Crippen LogP contribution in [0.15, 0.2) is 71.9 Å². The third kappa shape index (κ3) is 3.80. The summed E-state index contributed by atoms with van der Waals surface area (Å²) in [6, 6.07) is 14.0. The predicted octanol–water partition coefficient (Wildman–Crippen LogP) is 3.13. The second kappa shape index (κ2) is 8.96. The molecule has 2 aromatic carbocycles. The number of halogens is 1. The van der Waals surface area contributed by atoms with Crippen molar-refractivity contribution in [2.24, 2.45) is 16.9 Å². The zero-order chi connectivity index (χ0) is 22.8. The summed E-state index contributed by atoms with van der Waals surface area (Å²) in [5.41, 5.74) is 1.78. The van der Waals surface area contributed by atoms with Gasteiger partial charge in [-0.25, -0.2) is 0 Å². The third-order valence-corrected chi connectivity index (χ3v) is 6.03. The number of nitrogens with zero attached hydrogens (tertiary/aromatic N) is 2. The first kappa shape index (κ1) is 21.8. The zero-order valence-corrected chi connectivity index (χ0v) is 18.2. The van der Waals surface area contributed by atoms with Crippen molar-refractivity contribution >= 4 is 35.0 Å². The molecular weight excluding hydrogens is 432 g/mol. The maximum absolute atomic E-state index is 13.6. The van der Waals surface area contributed by atoms with Gasteiger partial charge in [-0.1, -0.05) is 60.1 Å². The van der Waals surface area contributed by atoms with Crippen LogP contribution in [0.3, 0.4) is 0 Å². The Morgan fingerprint density at radius 2 is 1.53 bits per heavy atom. The largest absolute Gasteiger partial charge is 0.469 e. The van der Waals surface area contributed by atoms with E-state index >= 15 is 0 Å². The van der Waals surface area contributed by atoms with Crippen LogP contribution in [-0.2, 0) is 19.1 Å². The summed E-state index contributed by atoms with van der Waals surface area (Å²) in [4.78, 5) is 39.1. The molecule has 1 fully saturated rings. The fourth-order valence-corrected chi connectivity index (χ4v) is 4.40. The molecule has 1 saturated heterocycles. The zero-order valence-electron chi connectivity index (χ0n) is 17.5. The van der Waals surface area contributed by atoms with Gasteiger partial charge in [0.1, 0.15) is 12.0 Å². The van der Waals surface area contributed by atoms with Crippen LogP contribution in [0.4, 0.5) is 0 Å². The molecule has 0 spiro atoms. The van der Waals surface area contributed by atoms with E-state index in [4.69, 9.17) is 21.1 Å². The monoisotopic (exact) mass is 452 g/mol. The SMILES string of the molecule is COC(=O)[C@@H]1C2C=CC(c3ccc(Cl)cc3)=NN2C(C(=O)c2ccccc2)[C@H]1C(=O)OC. The molecule has 0 aliphatic carbocycles. The first-order valence-electron chi connectivity index (χ1n) is 10.0. The van der Waals surface area contributed by atoms with Gasteiger partial charge in [-0.2, -0.15) is 5.10 Å². The highest BCUT2D eigenvalue weighted by Gasteiger charge is 2.59. The van der Waals surface area contributed by atoms with Crippen molar-refractivity contribution in [1.29, 1.82) is 0 Å². The van der Waals surface area contributed by atoms with Crippen LogP contribution in [0, 0.1) is 11.8 Å². The molecule has 164 valence electrons. The molecule has 0 N–H and O–H groups in total. The van der Waals surface area contributed by atoms with Crippen molar-refractivity contribution in [2.45, 2.75) is 12.1 Å². The van der Waals surface area contributed by atoms with Gasteiger partial charge in [-0.05, 0) is 18.2 Å². The van der Waals surface area contributed by atoms with E-state index in [1.165, 1.54) is 19.2 Å². The lowest BCUT2D eigenvalue weighted by Gasteiger charge is -2.29. The number of Topliss-reactive ketones (excluding diaryl/α,β-unsaturated/α-hetero) is 1. The lowest BCUT2D eigenvalue weighted by molar-refractivity contribution is -0.156. The molecule has 0 aromatic heterocycles. The topological polar surface area (TPSA) is 85.3 Å². The van der Waals surface area contributed by atoms with Gasteiger partial charge >= 0.3 is 11.9 Å². The molecule has 4 atom stereocenters. The van der Waals surface area contributed by atoms with Gasteiger partial charge < -0.3 is 9.47 Å². The maximum atomic E-state index is 13.6. The van der Waals surface area contributed by atoms with E-state index in [0.717, 1.165) is 5.56 Å².